The highest BCUT2D eigenvalue weighted by Gasteiger charge is 2.31. The van der Waals surface area contributed by atoms with Crippen LogP contribution in [0, 0.1) is 6.92 Å². The molecule has 0 aromatic carbocycles. The van der Waals surface area contributed by atoms with Crippen LogP contribution >= 0.6 is 11.8 Å². The zero-order valence-corrected chi connectivity index (χ0v) is 13.9. The molecule has 23 heavy (non-hydrogen) atoms. The summed E-state index contributed by atoms with van der Waals surface area (Å²) in [4.78, 5) is 25.1. The molecule has 3 rings (SSSR count). The Morgan fingerprint density at radius 1 is 1.48 bits per heavy atom. The molecule has 1 atom stereocenters. The third kappa shape index (κ3) is 2.83. The standard InChI is InChI=1S/C14H17N5O3S/c1-8-10(4-7-22-8)11-16-17-14(18(11)3)23-9(2)12(20)19-6-5-15-13(19)21/h4,7,9H,5-6H2,1-3H3,(H,15,21)/t9-/m0/s1. The minimum atomic E-state index is -0.431. The summed E-state index contributed by atoms with van der Waals surface area (Å²) < 4.78 is 7.10. The number of furan rings is 1. The molecule has 0 aliphatic carbocycles. The first-order chi connectivity index (χ1) is 11.0. The molecule has 1 N–H and O–H groups in total. The topological polar surface area (TPSA) is 93.3 Å². The van der Waals surface area contributed by atoms with Gasteiger partial charge in [0, 0.05) is 20.1 Å². The minimum Gasteiger partial charge on any atom is -0.469 e. The van der Waals surface area contributed by atoms with Gasteiger partial charge in [-0.15, -0.1) is 10.2 Å². The van der Waals surface area contributed by atoms with Gasteiger partial charge in [0.2, 0.25) is 5.91 Å². The van der Waals surface area contributed by atoms with Gasteiger partial charge in [0.1, 0.15) is 5.76 Å². The summed E-state index contributed by atoms with van der Waals surface area (Å²) in [5, 5.41) is 11.1. The van der Waals surface area contributed by atoms with Crippen molar-refractivity contribution in [2.45, 2.75) is 24.3 Å². The van der Waals surface area contributed by atoms with Crippen LogP contribution in [0.25, 0.3) is 11.4 Å². The summed E-state index contributed by atoms with van der Waals surface area (Å²) in [5.74, 6) is 1.21. The van der Waals surface area contributed by atoms with Gasteiger partial charge in [-0.05, 0) is 19.9 Å². The monoisotopic (exact) mass is 335 g/mol. The maximum Gasteiger partial charge on any atom is 0.324 e. The molecule has 0 saturated carbocycles. The number of aryl methyl sites for hydroxylation is 1. The number of amides is 3. The number of nitrogens with one attached hydrogen (secondary N) is 1. The van der Waals surface area contributed by atoms with E-state index in [9.17, 15) is 9.59 Å². The van der Waals surface area contributed by atoms with E-state index in [4.69, 9.17) is 4.42 Å². The van der Waals surface area contributed by atoms with Crippen molar-refractivity contribution in [2.75, 3.05) is 13.1 Å². The molecule has 2 aromatic rings. The van der Waals surface area contributed by atoms with Gasteiger partial charge in [-0.1, -0.05) is 11.8 Å². The average molecular weight is 335 g/mol. The molecular formula is C14H17N5O3S. The summed E-state index contributed by atoms with van der Waals surface area (Å²) in [7, 11) is 1.84. The molecule has 3 amide bonds. The summed E-state index contributed by atoms with van der Waals surface area (Å²) in [6, 6.07) is 1.49. The number of carbonyl (C=O) groups is 2. The van der Waals surface area contributed by atoms with Crippen LogP contribution in [-0.4, -0.2) is 49.9 Å². The van der Waals surface area contributed by atoms with E-state index in [1.807, 2.05) is 24.6 Å². The Kier molecular flexibility index (Phi) is 4.12. The van der Waals surface area contributed by atoms with Gasteiger partial charge < -0.3 is 14.3 Å². The van der Waals surface area contributed by atoms with E-state index in [-0.39, 0.29) is 11.9 Å². The van der Waals surface area contributed by atoms with Gasteiger partial charge in [0.05, 0.1) is 17.1 Å². The number of carbonyl (C=O) groups excluding carboxylic acids is 2. The number of aromatic nitrogens is 3. The fraction of sp³-hybridized carbons (Fsp3) is 0.429. The van der Waals surface area contributed by atoms with Crippen molar-refractivity contribution in [1.29, 1.82) is 0 Å². The van der Waals surface area contributed by atoms with E-state index in [0.717, 1.165) is 11.3 Å². The van der Waals surface area contributed by atoms with Gasteiger partial charge >= 0.3 is 6.03 Å². The van der Waals surface area contributed by atoms with E-state index in [1.165, 1.54) is 16.7 Å². The molecule has 0 spiro atoms. The number of urea groups is 1. The second kappa shape index (κ2) is 6.07. The molecule has 3 heterocycles. The summed E-state index contributed by atoms with van der Waals surface area (Å²) >= 11 is 1.28. The van der Waals surface area contributed by atoms with Crippen LogP contribution < -0.4 is 5.32 Å². The molecule has 0 radical (unpaired) electrons. The Labute approximate surface area is 137 Å². The molecule has 8 nitrogen and oxygen atoms in total. The highest BCUT2D eigenvalue weighted by Crippen LogP contribution is 2.28. The maximum absolute atomic E-state index is 12.3. The van der Waals surface area contributed by atoms with Crippen LogP contribution in [0.15, 0.2) is 21.9 Å². The largest absolute Gasteiger partial charge is 0.469 e. The zero-order chi connectivity index (χ0) is 16.6. The van der Waals surface area contributed by atoms with Crippen LogP contribution in [0.4, 0.5) is 4.79 Å². The van der Waals surface area contributed by atoms with Crippen LogP contribution in [0.5, 0.6) is 0 Å². The number of nitrogens with zero attached hydrogens (tertiary/aromatic N) is 4. The lowest BCUT2D eigenvalue weighted by Crippen LogP contribution is -2.39. The summed E-state index contributed by atoms with van der Waals surface area (Å²) in [5.41, 5.74) is 0.866. The van der Waals surface area contributed by atoms with Crippen LogP contribution in [0.2, 0.25) is 0 Å². The minimum absolute atomic E-state index is 0.228. The first-order valence-corrected chi connectivity index (χ1v) is 8.06. The van der Waals surface area contributed by atoms with E-state index in [0.29, 0.717) is 24.1 Å². The number of hydrogen-bond donors (Lipinski definition) is 1. The number of imide groups is 1. The van der Waals surface area contributed by atoms with Gasteiger partial charge in [-0.25, -0.2) is 4.79 Å². The number of thioether (sulfide) groups is 1. The molecule has 1 fully saturated rings. The lowest BCUT2D eigenvalue weighted by Gasteiger charge is -2.16. The van der Waals surface area contributed by atoms with Crippen molar-refractivity contribution >= 4 is 23.7 Å². The molecule has 9 heteroatoms. The first-order valence-electron chi connectivity index (χ1n) is 7.18. The number of hydrogen-bond acceptors (Lipinski definition) is 6. The Morgan fingerprint density at radius 3 is 2.87 bits per heavy atom. The van der Waals surface area contributed by atoms with Gasteiger partial charge in [0.25, 0.3) is 0 Å². The van der Waals surface area contributed by atoms with Crippen LogP contribution in [-0.2, 0) is 11.8 Å². The molecule has 1 saturated heterocycles. The van der Waals surface area contributed by atoms with Crippen LogP contribution in [0.1, 0.15) is 12.7 Å². The summed E-state index contributed by atoms with van der Waals surface area (Å²) in [6.45, 7) is 4.52. The van der Waals surface area contributed by atoms with E-state index in [1.54, 1.807) is 13.2 Å². The summed E-state index contributed by atoms with van der Waals surface area (Å²) in [6.07, 6.45) is 1.60. The Bertz CT molecular complexity index is 753. The molecule has 1 aliphatic heterocycles. The van der Waals surface area contributed by atoms with Crippen molar-refractivity contribution in [3.8, 4) is 11.4 Å². The smallest absolute Gasteiger partial charge is 0.324 e. The fourth-order valence-corrected chi connectivity index (χ4v) is 3.26. The predicted octanol–water partition coefficient (Wildman–Crippen LogP) is 1.42. The lowest BCUT2D eigenvalue weighted by atomic mass is 10.2. The third-order valence-electron chi connectivity index (χ3n) is 3.69. The SMILES string of the molecule is Cc1occc1-c1nnc(S[C@@H](C)C(=O)N2CCNC2=O)n1C. The van der Waals surface area contributed by atoms with Crippen LogP contribution in [0.3, 0.4) is 0 Å². The molecule has 122 valence electrons. The van der Waals surface area contributed by atoms with Crippen molar-refractivity contribution in [3.05, 3.63) is 18.1 Å². The average Bonchev–Trinajstić information content (AvgIpc) is 3.21. The Morgan fingerprint density at radius 2 is 2.26 bits per heavy atom. The van der Waals surface area contributed by atoms with E-state index < -0.39 is 5.25 Å². The quantitative estimate of drug-likeness (QED) is 0.849. The van der Waals surface area contributed by atoms with Crippen molar-refractivity contribution in [3.63, 3.8) is 0 Å². The fourth-order valence-electron chi connectivity index (χ4n) is 2.38. The highest BCUT2D eigenvalue weighted by atomic mass is 32.2. The normalized spacial score (nSPS) is 15.8. The number of rotatable bonds is 4. The van der Waals surface area contributed by atoms with Gasteiger partial charge in [-0.3, -0.25) is 9.69 Å². The molecule has 0 bridgehead atoms. The third-order valence-corrected chi connectivity index (χ3v) is 4.81. The second-order valence-corrected chi connectivity index (χ2v) is 6.55. The molecule has 1 aliphatic rings. The molecular weight excluding hydrogens is 318 g/mol. The Balaban J connectivity index is 1.76. The Hall–Kier alpha value is -2.29. The van der Waals surface area contributed by atoms with E-state index in [2.05, 4.69) is 15.5 Å². The van der Waals surface area contributed by atoms with Gasteiger partial charge in [0.15, 0.2) is 11.0 Å². The predicted molar refractivity (Wildman–Crippen MR) is 83.9 cm³/mol. The second-order valence-electron chi connectivity index (χ2n) is 5.24. The molecule has 0 unspecified atom stereocenters. The highest BCUT2D eigenvalue weighted by molar-refractivity contribution is 8.00. The molecule has 2 aromatic heterocycles. The van der Waals surface area contributed by atoms with E-state index >= 15 is 0 Å². The van der Waals surface area contributed by atoms with Crippen molar-refractivity contribution in [2.24, 2.45) is 7.05 Å². The van der Waals surface area contributed by atoms with Gasteiger partial charge in [-0.2, -0.15) is 0 Å². The van der Waals surface area contributed by atoms with Crippen molar-refractivity contribution < 1.29 is 14.0 Å². The lowest BCUT2D eigenvalue weighted by molar-refractivity contribution is -0.126. The first kappa shape index (κ1) is 15.6. The van der Waals surface area contributed by atoms with Crippen molar-refractivity contribution in [1.82, 2.24) is 25.0 Å². The maximum atomic E-state index is 12.3. The zero-order valence-electron chi connectivity index (χ0n) is 13.1.